The Hall–Kier alpha value is -4.02. The second-order valence-corrected chi connectivity index (χ2v) is 8.62. The van der Waals surface area contributed by atoms with Gasteiger partial charge in [0.05, 0.1) is 14.2 Å². The van der Waals surface area contributed by atoms with Gasteiger partial charge in [-0.05, 0) is 67.4 Å². The van der Waals surface area contributed by atoms with Gasteiger partial charge in [-0.1, -0.05) is 12.8 Å². The van der Waals surface area contributed by atoms with E-state index in [9.17, 15) is 14.0 Å². The zero-order valence-electron chi connectivity index (χ0n) is 20.5. The van der Waals surface area contributed by atoms with E-state index in [4.69, 9.17) is 9.47 Å². The van der Waals surface area contributed by atoms with Gasteiger partial charge in [-0.2, -0.15) is 4.80 Å². The molecule has 11 heteroatoms. The van der Waals surface area contributed by atoms with Gasteiger partial charge in [0.1, 0.15) is 18.4 Å². The van der Waals surface area contributed by atoms with Crippen LogP contribution in [0.4, 0.5) is 10.1 Å². The molecule has 2 aromatic carbocycles. The number of nitrogens with zero attached hydrogens (tertiary/aromatic N) is 5. The van der Waals surface area contributed by atoms with E-state index in [0.717, 1.165) is 30.5 Å². The molecule has 36 heavy (non-hydrogen) atoms. The van der Waals surface area contributed by atoms with E-state index in [2.05, 4.69) is 20.7 Å². The topological polar surface area (TPSA) is 111 Å². The quantitative estimate of drug-likeness (QED) is 0.485. The van der Waals surface area contributed by atoms with Crippen LogP contribution < -0.4 is 19.7 Å². The molecule has 190 valence electrons. The summed E-state index contributed by atoms with van der Waals surface area (Å²) in [7, 11) is 3.07. The molecular formula is C25H29FN6O4. The first-order valence-electron chi connectivity index (χ1n) is 11.8. The average molecular weight is 497 g/mol. The fraction of sp³-hybridized carbons (Fsp3) is 0.400. The Balaban J connectivity index is 1.54. The monoisotopic (exact) mass is 496 g/mol. The number of halogens is 1. The maximum absolute atomic E-state index is 13.6. The molecule has 0 spiro atoms. The summed E-state index contributed by atoms with van der Waals surface area (Å²) in [5.74, 6) is 0.218. The van der Waals surface area contributed by atoms with E-state index >= 15 is 0 Å². The molecule has 1 aliphatic carbocycles. The van der Waals surface area contributed by atoms with Crippen LogP contribution in [0.2, 0.25) is 0 Å². The van der Waals surface area contributed by atoms with E-state index in [1.165, 1.54) is 36.3 Å². The zero-order valence-corrected chi connectivity index (χ0v) is 20.5. The number of methoxy groups -OCH3 is 2. The van der Waals surface area contributed by atoms with Gasteiger partial charge in [0.2, 0.25) is 11.7 Å². The van der Waals surface area contributed by atoms with E-state index in [-0.39, 0.29) is 18.5 Å². The highest BCUT2D eigenvalue weighted by atomic mass is 19.1. The molecule has 1 saturated carbocycles. The summed E-state index contributed by atoms with van der Waals surface area (Å²) in [6.07, 6.45) is 3.98. The van der Waals surface area contributed by atoms with Crippen LogP contribution in [0.3, 0.4) is 0 Å². The maximum Gasteiger partial charge on any atom is 0.251 e. The predicted octanol–water partition coefficient (Wildman–Crippen LogP) is 2.98. The lowest BCUT2D eigenvalue weighted by Gasteiger charge is -2.29. The highest BCUT2D eigenvalue weighted by molar-refractivity contribution is 6.00. The first-order valence-corrected chi connectivity index (χ1v) is 11.8. The number of benzene rings is 2. The largest absolute Gasteiger partial charge is 0.493 e. The van der Waals surface area contributed by atoms with Crippen LogP contribution in [-0.4, -0.2) is 58.3 Å². The van der Waals surface area contributed by atoms with Crippen molar-refractivity contribution in [1.29, 1.82) is 0 Å². The lowest BCUT2D eigenvalue weighted by atomic mass is 10.1. The van der Waals surface area contributed by atoms with Crippen molar-refractivity contribution in [2.24, 2.45) is 0 Å². The molecule has 0 radical (unpaired) electrons. The highest BCUT2D eigenvalue weighted by Gasteiger charge is 2.30. The molecule has 1 N–H and O–H groups in total. The SMILES string of the molecule is COc1ccc(-c2nnn(CC(=O)N(c3ccc(F)cc3)C(C)C(=O)NC3CCCC3)n2)cc1OC. The van der Waals surface area contributed by atoms with Crippen molar-refractivity contribution in [1.82, 2.24) is 25.5 Å². The number of carbonyl (C=O) groups is 2. The lowest BCUT2D eigenvalue weighted by Crippen LogP contribution is -2.51. The Morgan fingerprint density at radius 1 is 1.11 bits per heavy atom. The predicted molar refractivity (Wildman–Crippen MR) is 130 cm³/mol. The molecule has 0 aliphatic heterocycles. The van der Waals surface area contributed by atoms with E-state index in [1.54, 1.807) is 32.2 Å². The molecule has 1 atom stereocenters. The summed E-state index contributed by atoms with van der Waals surface area (Å²) in [5.41, 5.74) is 1.03. The van der Waals surface area contributed by atoms with Crippen LogP contribution in [0.5, 0.6) is 11.5 Å². The number of nitrogens with one attached hydrogen (secondary N) is 1. The second-order valence-electron chi connectivity index (χ2n) is 8.62. The summed E-state index contributed by atoms with van der Waals surface area (Å²) in [6.45, 7) is 1.38. The van der Waals surface area contributed by atoms with E-state index in [0.29, 0.717) is 28.6 Å². The fourth-order valence-corrected chi connectivity index (χ4v) is 4.29. The molecule has 0 bridgehead atoms. The van der Waals surface area contributed by atoms with Crippen LogP contribution in [0.15, 0.2) is 42.5 Å². The first-order chi connectivity index (χ1) is 17.4. The van der Waals surface area contributed by atoms with Crippen LogP contribution in [0.25, 0.3) is 11.4 Å². The Morgan fingerprint density at radius 2 is 1.81 bits per heavy atom. The van der Waals surface area contributed by atoms with Gasteiger partial charge in [0.25, 0.3) is 5.91 Å². The number of hydrogen-bond acceptors (Lipinski definition) is 7. The molecule has 1 aliphatic rings. The summed E-state index contributed by atoms with van der Waals surface area (Å²) in [4.78, 5) is 28.9. The second kappa shape index (κ2) is 11.1. The molecule has 2 amide bonds. The molecule has 10 nitrogen and oxygen atoms in total. The van der Waals surface area contributed by atoms with E-state index < -0.39 is 17.8 Å². The number of carbonyl (C=O) groups excluding carboxylic acids is 2. The average Bonchev–Trinajstić information content (AvgIpc) is 3.57. The van der Waals surface area contributed by atoms with Crippen molar-refractivity contribution in [2.45, 2.75) is 51.2 Å². The molecule has 1 unspecified atom stereocenters. The number of tetrazole rings is 1. The Labute approximate surface area is 208 Å². The highest BCUT2D eigenvalue weighted by Crippen LogP contribution is 2.30. The van der Waals surface area contributed by atoms with Gasteiger partial charge in [0, 0.05) is 17.3 Å². The summed E-state index contributed by atoms with van der Waals surface area (Å²) in [5, 5.41) is 15.4. The number of rotatable bonds is 9. The molecular weight excluding hydrogens is 467 g/mol. The third kappa shape index (κ3) is 5.61. The number of ether oxygens (including phenoxy) is 2. The van der Waals surface area contributed by atoms with Crippen molar-refractivity contribution in [3.8, 4) is 22.9 Å². The van der Waals surface area contributed by atoms with Crippen molar-refractivity contribution in [3.63, 3.8) is 0 Å². The minimum atomic E-state index is -0.822. The number of aromatic nitrogens is 4. The van der Waals surface area contributed by atoms with Crippen LogP contribution in [0.1, 0.15) is 32.6 Å². The van der Waals surface area contributed by atoms with Crippen molar-refractivity contribution in [3.05, 3.63) is 48.3 Å². The standard InChI is InChI=1S/C25H29FN6O4/c1-16(25(34)27-19-6-4-5-7-19)32(20-11-9-18(26)10-12-20)23(33)15-31-29-24(28-30-31)17-8-13-21(35-2)22(14-17)36-3/h8-14,16,19H,4-7,15H2,1-3H3,(H,27,34). The molecule has 0 saturated heterocycles. The number of hydrogen-bond donors (Lipinski definition) is 1. The summed E-state index contributed by atoms with van der Waals surface area (Å²) < 4.78 is 24.1. The maximum atomic E-state index is 13.6. The van der Waals surface area contributed by atoms with Crippen LogP contribution in [0, 0.1) is 5.82 Å². The minimum Gasteiger partial charge on any atom is -0.493 e. The molecule has 1 fully saturated rings. The fourth-order valence-electron chi connectivity index (χ4n) is 4.29. The van der Waals surface area contributed by atoms with Crippen LogP contribution in [-0.2, 0) is 16.1 Å². The van der Waals surface area contributed by atoms with Crippen LogP contribution >= 0.6 is 0 Å². The Bertz CT molecular complexity index is 1210. The van der Waals surface area contributed by atoms with Crippen molar-refractivity contribution in [2.75, 3.05) is 19.1 Å². The first kappa shape index (κ1) is 25.1. The lowest BCUT2D eigenvalue weighted by molar-refractivity contribution is -0.127. The van der Waals surface area contributed by atoms with Crippen molar-refractivity contribution >= 4 is 17.5 Å². The third-order valence-corrected chi connectivity index (χ3v) is 6.21. The normalized spacial score (nSPS) is 14.3. The van der Waals surface area contributed by atoms with Crippen molar-refractivity contribution < 1.29 is 23.5 Å². The molecule has 3 aromatic rings. The minimum absolute atomic E-state index is 0.103. The van der Waals surface area contributed by atoms with Gasteiger partial charge in [0.15, 0.2) is 11.5 Å². The van der Waals surface area contributed by atoms with Gasteiger partial charge in [-0.15, -0.1) is 10.2 Å². The van der Waals surface area contributed by atoms with Gasteiger partial charge in [-0.3, -0.25) is 14.5 Å². The van der Waals surface area contributed by atoms with E-state index in [1.807, 2.05) is 0 Å². The summed E-state index contributed by atoms with van der Waals surface area (Å²) in [6, 6.07) is 9.91. The molecule has 4 rings (SSSR count). The van der Waals surface area contributed by atoms with Gasteiger partial charge in [-0.25, -0.2) is 4.39 Å². The smallest absolute Gasteiger partial charge is 0.251 e. The zero-order chi connectivity index (χ0) is 25.7. The number of anilines is 1. The third-order valence-electron chi connectivity index (χ3n) is 6.21. The Kier molecular flexibility index (Phi) is 7.77. The Morgan fingerprint density at radius 3 is 2.47 bits per heavy atom. The number of amides is 2. The van der Waals surface area contributed by atoms with Gasteiger partial charge >= 0.3 is 0 Å². The summed E-state index contributed by atoms with van der Waals surface area (Å²) >= 11 is 0. The van der Waals surface area contributed by atoms with Gasteiger partial charge < -0.3 is 14.8 Å². The molecule has 1 heterocycles. The molecule has 1 aromatic heterocycles.